The summed E-state index contributed by atoms with van der Waals surface area (Å²) in [5, 5.41) is 10.0. The van der Waals surface area contributed by atoms with Crippen molar-refractivity contribution in [2.75, 3.05) is 10.6 Å². The van der Waals surface area contributed by atoms with Crippen LogP contribution in [0.4, 0.5) is 15.8 Å². The molecule has 0 saturated carbocycles. The number of benzene rings is 3. The maximum Gasteiger partial charge on any atom is 0.259 e. The summed E-state index contributed by atoms with van der Waals surface area (Å²) in [6.45, 7) is 3.43. The molecule has 1 aromatic heterocycles. The summed E-state index contributed by atoms with van der Waals surface area (Å²) >= 11 is 0. The Morgan fingerprint density at radius 2 is 1.66 bits per heavy atom. The molecule has 0 atom stereocenters. The van der Waals surface area contributed by atoms with Crippen molar-refractivity contribution in [3.8, 4) is 16.9 Å². The molecule has 3 aromatic carbocycles. The van der Waals surface area contributed by atoms with Gasteiger partial charge in [0.1, 0.15) is 11.5 Å². The molecule has 158 valence electrons. The van der Waals surface area contributed by atoms with Gasteiger partial charge in [-0.25, -0.2) is 9.07 Å². The Morgan fingerprint density at radius 1 is 0.906 bits per heavy atom. The quantitative estimate of drug-likeness (QED) is 0.424. The fraction of sp³-hybridized carbons (Fsp3) is 0. The van der Waals surface area contributed by atoms with Crippen molar-refractivity contribution in [3.05, 3.63) is 109 Å². The van der Waals surface area contributed by atoms with E-state index in [-0.39, 0.29) is 5.91 Å². The van der Waals surface area contributed by atoms with Gasteiger partial charge < -0.3 is 10.6 Å². The molecule has 1 heterocycles. The molecule has 0 saturated heterocycles. The van der Waals surface area contributed by atoms with Gasteiger partial charge in [-0.05, 0) is 48.5 Å². The van der Waals surface area contributed by atoms with Crippen LogP contribution in [0, 0.1) is 5.82 Å². The Labute approximate surface area is 184 Å². The monoisotopic (exact) mass is 426 g/mol. The number of carbonyl (C=O) groups excluding carboxylic acids is 2. The van der Waals surface area contributed by atoms with E-state index in [1.165, 1.54) is 24.3 Å². The minimum Gasteiger partial charge on any atom is -0.323 e. The SMILES string of the molecule is C=CC(=O)Nc1ccc(-c2nn(-c3ccccc3)cc2C(=O)Nc2cccc(F)c2)cc1. The third-order valence-electron chi connectivity index (χ3n) is 4.67. The van der Waals surface area contributed by atoms with E-state index >= 15 is 0 Å². The topological polar surface area (TPSA) is 76.0 Å². The lowest BCUT2D eigenvalue weighted by atomic mass is 10.1. The van der Waals surface area contributed by atoms with Crippen LogP contribution in [0.15, 0.2) is 97.7 Å². The van der Waals surface area contributed by atoms with Crippen molar-refractivity contribution in [2.24, 2.45) is 0 Å². The van der Waals surface area contributed by atoms with E-state index in [0.29, 0.717) is 28.2 Å². The maximum absolute atomic E-state index is 13.5. The first-order valence-corrected chi connectivity index (χ1v) is 9.79. The van der Waals surface area contributed by atoms with E-state index in [2.05, 4.69) is 22.3 Å². The zero-order valence-electron chi connectivity index (χ0n) is 17.0. The van der Waals surface area contributed by atoms with Crippen molar-refractivity contribution in [2.45, 2.75) is 0 Å². The van der Waals surface area contributed by atoms with Crippen molar-refractivity contribution < 1.29 is 14.0 Å². The smallest absolute Gasteiger partial charge is 0.259 e. The molecule has 0 unspecified atom stereocenters. The Kier molecular flexibility index (Phi) is 5.89. The summed E-state index contributed by atoms with van der Waals surface area (Å²) in [6.07, 6.45) is 2.82. The molecular formula is C25H19FN4O2. The number of halogens is 1. The Balaban J connectivity index is 1.71. The normalized spacial score (nSPS) is 10.4. The summed E-state index contributed by atoms with van der Waals surface area (Å²) in [7, 11) is 0. The summed E-state index contributed by atoms with van der Waals surface area (Å²) in [5.41, 5.74) is 3.17. The molecule has 32 heavy (non-hydrogen) atoms. The molecule has 0 spiro atoms. The number of hydrogen-bond donors (Lipinski definition) is 2. The standard InChI is InChI=1S/C25H19FN4O2/c1-2-23(31)27-19-13-11-17(12-14-19)24-22(16-30(29-24)21-9-4-3-5-10-21)25(32)28-20-8-6-7-18(26)15-20/h2-16H,1H2,(H,27,31)(H,28,32). The van der Waals surface area contributed by atoms with Crippen LogP contribution in [0.2, 0.25) is 0 Å². The van der Waals surface area contributed by atoms with Crippen LogP contribution in [0.3, 0.4) is 0 Å². The van der Waals surface area contributed by atoms with E-state index in [1.807, 2.05) is 30.3 Å². The second-order valence-electron chi connectivity index (χ2n) is 6.91. The molecule has 0 bridgehead atoms. The fourth-order valence-corrected chi connectivity index (χ4v) is 3.14. The summed E-state index contributed by atoms with van der Waals surface area (Å²) in [6, 6.07) is 22.0. The molecule has 0 aliphatic rings. The number of nitrogens with zero attached hydrogens (tertiary/aromatic N) is 2. The molecule has 0 aliphatic carbocycles. The fourth-order valence-electron chi connectivity index (χ4n) is 3.14. The zero-order valence-corrected chi connectivity index (χ0v) is 17.0. The average Bonchev–Trinajstić information content (AvgIpc) is 3.26. The summed E-state index contributed by atoms with van der Waals surface area (Å²) < 4.78 is 15.2. The summed E-state index contributed by atoms with van der Waals surface area (Å²) in [4.78, 5) is 24.6. The molecule has 0 fully saturated rings. The minimum absolute atomic E-state index is 0.318. The number of rotatable bonds is 6. The van der Waals surface area contributed by atoms with Crippen LogP contribution < -0.4 is 10.6 Å². The third kappa shape index (κ3) is 4.62. The van der Waals surface area contributed by atoms with E-state index < -0.39 is 11.7 Å². The first-order valence-electron chi connectivity index (χ1n) is 9.79. The number of aromatic nitrogens is 2. The van der Waals surface area contributed by atoms with Gasteiger partial charge in [-0.1, -0.05) is 43.0 Å². The van der Waals surface area contributed by atoms with Crippen molar-refractivity contribution >= 4 is 23.2 Å². The Hall–Kier alpha value is -4.52. The van der Waals surface area contributed by atoms with Gasteiger partial charge in [0.05, 0.1) is 11.3 Å². The molecule has 6 nitrogen and oxygen atoms in total. The molecule has 4 aromatic rings. The van der Waals surface area contributed by atoms with Gasteiger partial charge in [-0.3, -0.25) is 9.59 Å². The van der Waals surface area contributed by atoms with Gasteiger partial charge in [0.25, 0.3) is 5.91 Å². The highest BCUT2D eigenvalue weighted by molar-refractivity contribution is 6.08. The highest BCUT2D eigenvalue weighted by atomic mass is 19.1. The van der Waals surface area contributed by atoms with E-state index in [9.17, 15) is 14.0 Å². The highest BCUT2D eigenvalue weighted by Gasteiger charge is 2.19. The van der Waals surface area contributed by atoms with Gasteiger partial charge in [-0.2, -0.15) is 5.10 Å². The molecule has 2 N–H and O–H groups in total. The average molecular weight is 426 g/mol. The Bertz CT molecular complexity index is 1280. The lowest BCUT2D eigenvalue weighted by molar-refractivity contribution is -0.111. The highest BCUT2D eigenvalue weighted by Crippen LogP contribution is 2.26. The van der Waals surface area contributed by atoms with Crippen LogP contribution in [0.5, 0.6) is 0 Å². The van der Waals surface area contributed by atoms with Gasteiger partial charge in [0.15, 0.2) is 0 Å². The van der Waals surface area contributed by atoms with E-state index in [1.54, 1.807) is 41.2 Å². The Morgan fingerprint density at radius 3 is 2.34 bits per heavy atom. The predicted molar refractivity (Wildman–Crippen MR) is 122 cm³/mol. The zero-order chi connectivity index (χ0) is 22.5. The van der Waals surface area contributed by atoms with Crippen molar-refractivity contribution in [3.63, 3.8) is 0 Å². The number of anilines is 2. The third-order valence-corrected chi connectivity index (χ3v) is 4.67. The number of amides is 2. The van der Waals surface area contributed by atoms with Crippen LogP contribution in [-0.4, -0.2) is 21.6 Å². The lowest BCUT2D eigenvalue weighted by Crippen LogP contribution is -2.12. The number of para-hydroxylation sites is 1. The first kappa shape index (κ1) is 20.7. The molecule has 4 rings (SSSR count). The second-order valence-corrected chi connectivity index (χ2v) is 6.91. The second kappa shape index (κ2) is 9.09. The van der Waals surface area contributed by atoms with Crippen molar-refractivity contribution in [1.29, 1.82) is 0 Å². The molecule has 2 amide bonds. The number of nitrogens with one attached hydrogen (secondary N) is 2. The number of hydrogen-bond acceptors (Lipinski definition) is 3. The van der Waals surface area contributed by atoms with E-state index in [0.717, 1.165) is 5.69 Å². The molecule has 0 aliphatic heterocycles. The van der Waals surface area contributed by atoms with Gasteiger partial charge >= 0.3 is 0 Å². The van der Waals surface area contributed by atoms with Crippen LogP contribution in [0.25, 0.3) is 16.9 Å². The minimum atomic E-state index is -0.444. The predicted octanol–water partition coefficient (Wildman–Crippen LogP) is 5.06. The summed E-state index contributed by atoms with van der Waals surface area (Å²) in [5.74, 6) is -1.18. The van der Waals surface area contributed by atoms with E-state index in [4.69, 9.17) is 0 Å². The molecule has 7 heteroatoms. The molecular weight excluding hydrogens is 407 g/mol. The van der Waals surface area contributed by atoms with Crippen molar-refractivity contribution in [1.82, 2.24) is 9.78 Å². The molecule has 0 radical (unpaired) electrons. The van der Waals surface area contributed by atoms with Crippen LogP contribution >= 0.6 is 0 Å². The maximum atomic E-state index is 13.5. The van der Waals surface area contributed by atoms with Crippen LogP contribution in [-0.2, 0) is 4.79 Å². The van der Waals surface area contributed by atoms with Gasteiger partial charge in [0, 0.05) is 23.1 Å². The van der Waals surface area contributed by atoms with Gasteiger partial charge in [0.2, 0.25) is 5.91 Å². The van der Waals surface area contributed by atoms with Crippen LogP contribution in [0.1, 0.15) is 10.4 Å². The number of carbonyl (C=O) groups is 2. The van der Waals surface area contributed by atoms with Gasteiger partial charge in [-0.15, -0.1) is 0 Å². The first-order chi connectivity index (χ1) is 15.5. The lowest BCUT2D eigenvalue weighted by Gasteiger charge is -2.07. The largest absolute Gasteiger partial charge is 0.323 e.